The van der Waals surface area contributed by atoms with Crippen LogP contribution in [0.25, 0.3) is 0 Å². The number of hydrogen-bond acceptors (Lipinski definition) is 2. The third-order valence-corrected chi connectivity index (χ3v) is 4.13. The summed E-state index contributed by atoms with van der Waals surface area (Å²) in [5.74, 6) is 0.884. The molecule has 0 aromatic heterocycles. The van der Waals surface area contributed by atoms with Crippen LogP contribution in [0.4, 0.5) is 0 Å². The minimum Gasteiger partial charge on any atom is -0.389 e. The van der Waals surface area contributed by atoms with E-state index in [9.17, 15) is 5.11 Å². The molecule has 0 aliphatic heterocycles. The molecule has 0 amide bonds. The van der Waals surface area contributed by atoms with E-state index in [-0.39, 0.29) is 0 Å². The minimum absolute atomic E-state index is 0.423. The zero-order chi connectivity index (χ0) is 9.61. The summed E-state index contributed by atoms with van der Waals surface area (Å²) in [4.78, 5) is 0. The predicted molar refractivity (Wildman–Crippen MR) is 57.7 cm³/mol. The van der Waals surface area contributed by atoms with Gasteiger partial charge in [0, 0.05) is 11.0 Å². The van der Waals surface area contributed by atoms with Gasteiger partial charge >= 0.3 is 0 Å². The Kier molecular flexibility index (Phi) is 6.02. The van der Waals surface area contributed by atoms with Crippen LogP contribution in [0.2, 0.25) is 0 Å². The van der Waals surface area contributed by atoms with E-state index in [1.165, 1.54) is 6.42 Å². The molecule has 2 heteroatoms. The monoisotopic (exact) mass is 190 g/mol. The third kappa shape index (κ3) is 4.36. The van der Waals surface area contributed by atoms with Gasteiger partial charge in [0.1, 0.15) is 0 Å². The molecular weight excluding hydrogens is 168 g/mol. The lowest BCUT2D eigenvalue weighted by molar-refractivity contribution is 0.0571. The topological polar surface area (TPSA) is 20.2 Å². The van der Waals surface area contributed by atoms with Crippen LogP contribution in [-0.4, -0.2) is 21.7 Å². The second kappa shape index (κ2) is 5.87. The molecular formula is C10H22OS. The van der Waals surface area contributed by atoms with Gasteiger partial charge in [-0.15, -0.1) is 0 Å². The molecule has 0 saturated carbocycles. The summed E-state index contributed by atoms with van der Waals surface area (Å²) in [5, 5.41) is 10.6. The largest absolute Gasteiger partial charge is 0.389 e. The zero-order valence-corrected chi connectivity index (χ0v) is 9.58. The second-order valence-electron chi connectivity index (χ2n) is 3.46. The van der Waals surface area contributed by atoms with Crippen LogP contribution in [0.3, 0.4) is 0 Å². The fourth-order valence-electron chi connectivity index (χ4n) is 0.869. The first-order chi connectivity index (χ1) is 5.58. The van der Waals surface area contributed by atoms with Crippen molar-refractivity contribution in [2.75, 3.05) is 5.75 Å². The quantitative estimate of drug-likeness (QED) is 0.694. The van der Waals surface area contributed by atoms with Crippen molar-refractivity contribution in [3.05, 3.63) is 0 Å². The number of aliphatic hydroxyl groups is 1. The first kappa shape index (κ1) is 12.3. The number of rotatable bonds is 6. The third-order valence-electron chi connectivity index (χ3n) is 2.53. The van der Waals surface area contributed by atoms with Crippen LogP contribution in [0, 0.1) is 0 Å². The van der Waals surface area contributed by atoms with E-state index in [2.05, 4.69) is 27.7 Å². The molecule has 12 heavy (non-hydrogen) atoms. The van der Waals surface area contributed by atoms with Gasteiger partial charge in [0.2, 0.25) is 0 Å². The molecule has 1 N–H and O–H groups in total. The Labute approximate surface area is 80.9 Å². The molecule has 0 rings (SSSR count). The molecule has 0 fully saturated rings. The van der Waals surface area contributed by atoms with E-state index in [0.29, 0.717) is 5.25 Å². The van der Waals surface area contributed by atoms with Gasteiger partial charge in [-0.25, -0.2) is 0 Å². The highest BCUT2D eigenvalue weighted by molar-refractivity contribution is 7.99. The number of thioether (sulfide) groups is 1. The average molecular weight is 190 g/mol. The van der Waals surface area contributed by atoms with E-state index in [0.717, 1.165) is 18.6 Å². The summed E-state index contributed by atoms with van der Waals surface area (Å²) in [6.07, 6.45) is 2.92. The van der Waals surface area contributed by atoms with E-state index in [1.807, 2.05) is 11.8 Å². The molecule has 1 nitrogen and oxygen atoms in total. The van der Waals surface area contributed by atoms with Crippen LogP contribution in [0.1, 0.15) is 47.0 Å². The molecule has 0 radical (unpaired) electrons. The van der Waals surface area contributed by atoms with Crippen LogP contribution in [0.15, 0.2) is 0 Å². The molecule has 0 aromatic rings. The highest BCUT2D eigenvalue weighted by Gasteiger charge is 2.22. The first-order valence-electron chi connectivity index (χ1n) is 4.92. The SMILES string of the molecule is CCC(C)SCC(O)(CC)CC. The normalized spacial score (nSPS) is 14.8. The first-order valence-corrected chi connectivity index (χ1v) is 5.96. The highest BCUT2D eigenvalue weighted by Crippen LogP contribution is 2.24. The smallest absolute Gasteiger partial charge is 0.0732 e. The fraction of sp³-hybridized carbons (Fsp3) is 1.00. The van der Waals surface area contributed by atoms with Gasteiger partial charge in [0.25, 0.3) is 0 Å². The van der Waals surface area contributed by atoms with Gasteiger partial charge in [-0.1, -0.05) is 27.7 Å². The Morgan fingerprint density at radius 2 is 1.75 bits per heavy atom. The van der Waals surface area contributed by atoms with Crippen molar-refractivity contribution >= 4 is 11.8 Å². The lowest BCUT2D eigenvalue weighted by Gasteiger charge is -2.25. The Hall–Kier alpha value is 0.310. The van der Waals surface area contributed by atoms with Crippen molar-refractivity contribution in [2.24, 2.45) is 0 Å². The molecule has 0 aliphatic carbocycles. The van der Waals surface area contributed by atoms with Gasteiger partial charge in [-0.3, -0.25) is 0 Å². The van der Waals surface area contributed by atoms with Gasteiger partial charge < -0.3 is 5.11 Å². The minimum atomic E-state index is -0.423. The summed E-state index contributed by atoms with van der Waals surface area (Å²) in [6.45, 7) is 8.52. The lowest BCUT2D eigenvalue weighted by atomic mass is 10.0. The Morgan fingerprint density at radius 1 is 1.25 bits per heavy atom. The van der Waals surface area contributed by atoms with Crippen LogP contribution >= 0.6 is 11.8 Å². The second-order valence-corrected chi connectivity index (χ2v) is 4.89. The van der Waals surface area contributed by atoms with E-state index in [1.54, 1.807) is 0 Å². The summed E-state index contributed by atoms with van der Waals surface area (Å²) in [5.41, 5.74) is -0.423. The predicted octanol–water partition coefficient (Wildman–Crippen LogP) is 3.07. The lowest BCUT2D eigenvalue weighted by Crippen LogP contribution is -2.30. The highest BCUT2D eigenvalue weighted by atomic mass is 32.2. The summed E-state index contributed by atoms with van der Waals surface area (Å²) in [6, 6.07) is 0. The Balaban J connectivity index is 3.72. The average Bonchev–Trinajstić information content (AvgIpc) is 2.13. The van der Waals surface area contributed by atoms with Crippen LogP contribution in [-0.2, 0) is 0 Å². The van der Waals surface area contributed by atoms with Crippen molar-refractivity contribution in [1.82, 2.24) is 0 Å². The zero-order valence-electron chi connectivity index (χ0n) is 8.76. The van der Waals surface area contributed by atoms with E-state index in [4.69, 9.17) is 0 Å². The summed E-state index contributed by atoms with van der Waals surface area (Å²) < 4.78 is 0. The van der Waals surface area contributed by atoms with Crippen LogP contribution < -0.4 is 0 Å². The van der Waals surface area contributed by atoms with Crippen LogP contribution in [0.5, 0.6) is 0 Å². The Morgan fingerprint density at radius 3 is 2.08 bits per heavy atom. The molecule has 0 spiro atoms. The molecule has 0 aromatic carbocycles. The fourth-order valence-corrected chi connectivity index (χ4v) is 2.11. The van der Waals surface area contributed by atoms with E-state index < -0.39 is 5.60 Å². The van der Waals surface area contributed by atoms with Crippen molar-refractivity contribution in [1.29, 1.82) is 0 Å². The molecule has 74 valence electrons. The maximum Gasteiger partial charge on any atom is 0.0732 e. The molecule has 0 saturated heterocycles. The van der Waals surface area contributed by atoms with Crippen molar-refractivity contribution in [3.63, 3.8) is 0 Å². The van der Waals surface area contributed by atoms with Gasteiger partial charge in [0.15, 0.2) is 0 Å². The van der Waals surface area contributed by atoms with Crippen molar-refractivity contribution in [2.45, 2.75) is 57.8 Å². The van der Waals surface area contributed by atoms with Gasteiger partial charge in [-0.2, -0.15) is 11.8 Å². The maximum absolute atomic E-state index is 9.95. The van der Waals surface area contributed by atoms with Gasteiger partial charge in [-0.05, 0) is 19.3 Å². The molecule has 0 aliphatic rings. The van der Waals surface area contributed by atoms with Crippen molar-refractivity contribution < 1.29 is 5.11 Å². The molecule has 0 bridgehead atoms. The standard InChI is InChI=1S/C10H22OS/c1-5-9(4)12-8-10(11,6-2)7-3/h9,11H,5-8H2,1-4H3. The molecule has 1 unspecified atom stereocenters. The van der Waals surface area contributed by atoms with E-state index >= 15 is 0 Å². The summed E-state index contributed by atoms with van der Waals surface area (Å²) >= 11 is 1.88. The number of hydrogen-bond donors (Lipinski definition) is 1. The Bertz CT molecular complexity index is 110. The van der Waals surface area contributed by atoms with Crippen molar-refractivity contribution in [3.8, 4) is 0 Å². The molecule has 1 atom stereocenters. The summed E-state index contributed by atoms with van der Waals surface area (Å²) in [7, 11) is 0. The van der Waals surface area contributed by atoms with Gasteiger partial charge in [0.05, 0.1) is 5.60 Å². The maximum atomic E-state index is 9.95. The molecule has 0 heterocycles.